The molecule has 0 saturated heterocycles. The van der Waals surface area contributed by atoms with Crippen LogP contribution >= 0.6 is 11.3 Å². The molecule has 0 aliphatic rings. The molecule has 6 heteroatoms. The van der Waals surface area contributed by atoms with Crippen molar-refractivity contribution in [2.75, 3.05) is 12.4 Å². The van der Waals surface area contributed by atoms with Crippen LogP contribution in [0.5, 0.6) is 0 Å². The molecule has 0 aliphatic heterocycles. The van der Waals surface area contributed by atoms with Gasteiger partial charge in [0.1, 0.15) is 0 Å². The summed E-state index contributed by atoms with van der Waals surface area (Å²) < 4.78 is 22.6. The van der Waals surface area contributed by atoms with Crippen molar-refractivity contribution in [3.05, 3.63) is 11.1 Å². The van der Waals surface area contributed by atoms with Crippen molar-refractivity contribution < 1.29 is 13.5 Å². The van der Waals surface area contributed by atoms with Crippen molar-refractivity contribution >= 4 is 21.2 Å². The molecule has 0 saturated carbocycles. The second-order valence-electron chi connectivity index (χ2n) is 2.30. The van der Waals surface area contributed by atoms with E-state index < -0.39 is 9.84 Å². The standard InChI is InChI=1S/C6H9NO3S2/c1-5-4-11-6(7-5)12(9,10)3-2-8/h4,8H,2-3H2,1H3. The van der Waals surface area contributed by atoms with Crippen LogP contribution in [0.3, 0.4) is 0 Å². The zero-order valence-electron chi connectivity index (χ0n) is 6.52. The summed E-state index contributed by atoms with van der Waals surface area (Å²) in [5.74, 6) is -0.250. The minimum absolute atomic E-state index is 0.0917. The van der Waals surface area contributed by atoms with Gasteiger partial charge in [-0.05, 0) is 6.92 Å². The van der Waals surface area contributed by atoms with Crippen LogP contribution < -0.4 is 0 Å². The number of aryl methyl sites for hydroxylation is 1. The normalized spacial score (nSPS) is 11.8. The third-order valence-corrected chi connectivity index (χ3v) is 4.37. The van der Waals surface area contributed by atoms with Gasteiger partial charge in [0.25, 0.3) is 0 Å². The van der Waals surface area contributed by atoms with Gasteiger partial charge < -0.3 is 5.11 Å². The molecule has 0 atom stereocenters. The molecule has 0 fully saturated rings. The Bertz CT molecular complexity index is 355. The minimum atomic E-state index is -3.33. The lowest BCUT2D eigenvalue weighted by molar-refractivity contribution is 0.319. The third kappa shape index (κ3) is 2.02. The zero-order valence-corrected chi connectivity index (χ0v) is 8.15. The first-order valence-electron chi connectivity index (χ1n) is 3.32. The Kier molecular flexibility index (Phi) is 2.81. The van der Waals surface area contributed by atoms with Gasteiger partial charge in [0.15, 0.2) is 0 Å². The minimum Gasteiger partial charge on any atom is -0.395 e. The SMILES string of the molecule is Cc1csc(S(=O)(=O)CCO)n1. The molecule has 0 radical (unpaired) electrons. The molecule has 68 valence electrons. The summed E-state index contributed by atoms with van der Waals surface area (Å²) in [7, 11) is -3.33. The quantitative estimate of drug-likeness (QED) is 0.769. The highest BCUT2D eigenvalue weighted by molar-refractivity contribution is 7.93. The molecular weight excluding hydrogens is 198 g/mol. The second-order valence-corrected chi connectivity index (χ2v) is 5.44. The third-order valence-electron chi connectivity index (χ3n) is 1.22. The molecule has 0 amide bonds. The van der Waals surface area contributed by atoms with E-state index in [4.69, 9.17) is 5.11 Å². The summed E-state index contributed by atoms with van der Waals surface area (Å²) in [4.78, 5) is 3.82. The molecule has 0 bridgehead atoms. The van der Waals surface area contributed by atoms with E-state index in [1.807, 2.05) is 0 Å². The fourth-order valence-electron chi connectivity index (χ4n) is 0.683. The average molecular weight is 207 g/mol. The maximum Gasteiger partial charge on any atom is 0.209 e. The Hall–Kier alpha value is -0.460. The van der Waals surface area contributed by atoms with Crippen molar-refractivity contribution in [1.82, 2.24) is 4.98 Å². The van der Waals surface area contributed by atoms with Crippen molar-refractivity contribution in [3.8, 4) is 0 Å². The van der Waals surface area contributed by atoms with Crippen LogP contribution in [0.2, 0.25) is 0 Å². The highest BCUT2D eigenvalue weighted by Gasteiger charge is 2.16. The van der Waals surface area contributed by atoms with Gasteiger partial charge in [0, 0.05) is 11.1 Å². The molecular formula is C6H9NO3S2. The number of aliphatic hydroxyl groups excluding tert-OH is 1. The number of rotatable bonds is 3. The van der Waals surface area contributed by atoms with Gasteiger partial charge in [0.05, 0.1) is 12.4 Å². The molecule has 0 aromatic carbocycles. The van der Waals surface area contributed by atoms with E-state index >= 15 is 0 Å². The van der Waals surface area contributed by atoms with Gasteiger partial charge in [-0.2, -0.15) is 0 Å². The highest BCUT2D eigenvalue weighted by Crippen LogP contribution is 2.15. The van der Waals surface area contributed by atoms with Crippen molar-refractivity contribution in [1.29, 1.82) is 0 Å². The fourth-order valence-corrected chi connectivity index (χ4v) is 2.88. The molecule has 1 aromatic rings. The molecule has 12 heavy (non-hydrogen) atoms. The molecule has 0 spiro atoms. The summed E-state index contributed by atoms with van der Waals surface area (Å²) in [5.41, 5.74) is 0.691. The van der Waals surface area contributed by atoms with E-state index in [9.17, 15) is 8.42 Å². The van der Waals surface area contributed by atoms with Crippen LogP contribution in [0.4, 0.5) is 0 Å². The number of thiazole rings is 1. The first kappa shape index (κ1) is 9.63. The van der Waals surface area contributed by atoms with Crippen LogP contribution in [-0.2, 0) is 9.84 Å². The van der Waals surface area contributed by atoms with Gasteiger partial charge in [-0.1, -0.05) is 0 Å². The Balaban J connectivity index is 2.98. The largest absolute Gasteiger partial charge is 0.395 e. The number of nitrogens with zero attached hydrogens (tertiary/aromatic N) is 1. The van der Waals surface area contributed by atoms with E-state index in [0.29, 0.717) is 5.69 Å². The number of hydrogen-bond donors (Lipinski definition) is 1. The Morgan fingerprint density at radius 1 is 1.67 bits per heavy atom. The number of aliphatic hydroxyl groups is 1. The fraction of sp³-hybridized carbons (Fsp3) is 0.500. The van der Waals surface area contributed by atoms with E-state index in [0.717, 1.165) is 11.3 Å². The number of sulfone groups is 1. The molecule has 1 aromatic heterocycles. The smallest absolute Gasteiger partial charge is 0.209 e. The summed E-state index contributed by atoms with van der Waals surface area (Å²) in [6.45, 7) is 1.37. The van der Waals surface area contributed by atoms with Crippen LogP contribution in [0, 0.1) is 6.92 Å². The lowest BCUT2D eigenvalue weighted by Crippen LogP contribution is -2.09. The Morgan fingerprint density at radius 3 is 2.75 bits per heavy atom. The summed E-state index contributed by atoms with van der Waals surface area (Å²) >= 11 is 1.09. The van der Waals surface area contributed by atoms with Crippen LogP contribution in [0.15, 0.2) is 9.72 Å². The lowest BCUT2D eigenvalue weighted by atomic mass is 10.6. The highest BCUT2D eigenvalue weighted by atomic mass is 32.2. The maximum absolute atomic E-state index is 11.2. The molecule has 0 unspecified atom stereocenters. The van der Waals surface area contributed by atoms with Crippen LogP contribution in [-0.4, -0.2) is 30.9 Å². The summed E-state index contributed by atoms with van der Waals surface area (Å²) in [6.07, 6.45) is 0. The van der Waals surface area contributed by atoms with E-state index in [1.165, 1.54) is 0 Å². The first-order chi connectivity index (χ1) is 5.56. The molecule has 1 rings (SSSR count). The van der Waals surface area contributed by atoms with Crippen LogP contribution in [0.1, 0.15) is 5.69 Å². The number of aromatic nitrogens is 1. The topological polar surface area (TPSA) is 67.3 Å². The monoisotopic (exact) mass is 207 g/mol. The molecule has 1 heterocycles. The van der Waals surface area contributed by atoms with Gasteiger partial charge in [0.2, 0.25) is 14.2 Å². The summed E-state index contributed by atoms with van der Waals surface area (Å²) in [6, 6.07) is 0. The second kappa shape index (κ2) is 3.51. The average Bonchev–Trinajstić information content (AvgIpc) is 2.36. The summed E-state index contributed by atoms with van der Waals surface area (Å²) in [5, 5.41) is 10.1. The Morgan fingerprint density at radius 2 is 2.33 bits per heavy atom. The van der Waals surface area contributed by atoms with Crippen LogP contribution in [0.25, 0.3) is 0 Å². The lowest BCUT2D eigenvalue weighted by Gasteiger charge is -1.94. The van der Waals surface area contributed by atoms with E-state index in [1.54, 1.807) is 12.3 Å². The zero-order chi connectivity index (χ0) is 9.19. The van der Waals surface area contributed by atoms with Gasteiger partial charge >= 0.3 is 0 Å². The Labute approximate surface area is 74.8 Å². The molecule has 4 nitrogen and oxygen atoms in total. The van der Waals surface area contributed by atoms with Crippen molar-refractivity contribution in [3.63, 3.8) is 0 Å². The van der Waals surface area contributed by atoms with Crippen molar-refractivity contribution in [2.24, 2.45) is 0 Å². The van der Waals surface area contributed by atoms with E-state index in [-0.39, 0.29) is 16.7 Å². The van der Waals surface area contributed by atoms with Gasteiger partial charge in [-0.3, -0.25) is 0 Å². The molecule has 0 aliphatic carbocycles. The predicted molar refractivity (Wildman–Crippen MR) is 46.0 cm³/mol. The maximum atomic E-state index is 11.2. The van der Waals surface area contributed by atoms with Gasteiger partial charge in [-0.25, -0.2) is 13.4 Å². The van der Waals surface area contributed by atoms with Crippen molar-refractivity contribution in [2.45, 2.75) is 11.3 Å². The number of hydrogen-bond acceptors (Lipinski definition) is 5. The van der Waals surface area contributed by atoms with Gasteiger partial charge in [-0.15, -0.1) is 11.3 Å². The predicted octanol–water partition coefficient (Wildman–Crippen LogP) is 0.218. The van der Waals surface area contributed by atoms with E-state index in [2.05, 4.69) is 4.98 Å². The molecule has 1 N–H and O–H groups in total. The first-order valence-corrected chi connectivity index (χ1v) is 5.85.